The third kappa shape index (κ3) is 4.51. The van der Waals surface area contributed by atoms with Crippen molar-refractivity contribution in [1.82, 2.24) is 0 Å². The molecule has 1 aliphatic carbocycles. The molecule has 42 heavy (non-hydrogen) atoms. The van der Waals surface area contributed by atoms with E-state index in [1.54, 1.807) is 24.3 Å². The highest BCUT2D eigenvalue weighted by atomic mass is 35.5. The summed E-state index contributed by atoms with van der Waals surface area (Å²) in [4.78, 5) is -0.971. The molecule has 12 heteroatoms. The average Bonchev–Trinajstić information content (AvgIpc) is 3.23. The lowest BCUT2D eigenvalue weighted by Crippen LogP contribution is -2.46. The van der Waals surface area contributed by atoms with Gasteiger partial charge < -0.3 is 5.73 Å². The van der Waals surface area contributed by atoms with Gasteiger partial charge in [0, 0.05) is 31.9 Å². The molecule has 0 aliphatic heterocycles. The standard InChI is InChI=1S/C30H20Cl4N2O4S2/c31-20-13-7-14-21(32)24(20)26-27(25-22(33)15-8-16-23(25)34)30(17-35,42(39,40)19-11-5-2-6-12-19)29(36)28(26)41(37,38)18-9-3-1-4-10-18/h1-16,26-27H,36H2. The highest BCUT2D eigenvalue weighted by Crippen LogP contribution is 2.63. The number of benzene rings is 4. The molecule has 0 amide bonds. The Kier molecular flexibility index (Phi) is 8.14. The molecule has 0 heterocycles. The Balaban J connectivity index is 2.03. The number of halogens is 4. The van der Waals surface area contributed by atoms with Gasteiger partial charge in [0.1, 0.15) is 0 Å². The zero-order valence-electron chi connectivity index (χ0n) is 21.4. The Morgan fingerprint density at radius 3 is 1.52 bits per heavy atom. The number of rotatable bonds is 6. The summed E-state index contributed by atoms with van der Waals surface area (Å²) < 4.78 is 55.6. The summed E-state index contributed by atoms with van der Waals surface area (Å²) in [5, 5.41) is 11.0. The Morgan fingerprint density at radius 1 is 0.643 bits per heavy atom. The first kappa shape index (κ1) is 30.4. The fourth-order valence-corrected chi connectivity index (χ4v) is 10.6. The predicted molar refractivity (Wildman–Crippen MR) is 165 cm³/mol. The van der Waals surface area contributed by atoms with Crippen molar-refractivity contribution in [3.63, 3.8) is 0 Å². The third-order valence-electron chi connectivity index (χ3n) is 7.33. The van der Waals surface area contributed by atoms with E-state index in [0.29, 0.717) is 0 Å². The SMILES string of the molecule is N#CC1(S(=O)(=O)c2ccccc2)C(N)=C(S(=O)(=O)c2ccccc2)C(c2c(Cl)cccc2Cl)C1c1c(Cl)cccc1Cl. The summed E-state index contributed by atoms with van der Waals surface area (Å²) in [6, 6.07) is 25.4. The van der Waals surface area contributed by atoms with Crippen molar-refractivity contribution in [3.05, 3.63) is 139 Å². The molecule has 4 aromatic carbocycles. The van der Waals surface area contributed by atoms with Crippen LogP contribution in [0.3, 0.4) is 0 Å². The van der Waals surface area contributed by atoms with Gasteiger partial charge >= 0.3 is 0 Å². The van der Waals surface area contributed by atoms with Crippen LogP contribution >= 0.6 is 46.4 Å². The number of hydrogen-bond donors (Lipinski definition) is 1. The molecule has 3 unspecified atom stereocenters. The molecule has 3 atom stereocenters. The quantitative estimate of drug-likeness (QED) is 0.225. The van der Waals surface area contributed by atoms with E-state index >= 15 is 0 Å². The Bertz CT molecular complexity index is 1960. The predicted octanol–water partition coefficient (Wildman–Crippen LogP) is 7.56. The van der Waals surface area contributed by atoms with Gasteiger partial charge in [-0.3, -0.25) is 0 Å². The summed E-state index contributed by atoms with van der Waals surface area (Å²) >= 11 is 26.7. The van der Waals surface area contributed by atoms with Crippen molar-refractivity contribution >= 4 is 66.1 Å². The Morgan fingerprint density at radius 2 is 1.07 bits per heavy atom. The molecule has 6 nitrogen and oxygen atoms in total. The zero-order chi connectivity index (χ0) is 30.4. The summed E-state index contributed by atoms with van der Waals surface area (Å²) in [6.07, 6.45) is 0. The van der Waals surface area contributed by atoms with Crippen molar-refractivity contribution in [2.75, 3.05) is 0 Å². The van der Waals surface area contributed by atoms with Crippen LogP contribution in [0.1, 0.15) is 23.0 Å². The van der Waals surface area contributed by atoms with E-state index in [-0.39, 0.29) is 41.0 Å². The highest BCUT2D eigenvalue weighted by Gasteiger charge is 2.66. The van der Waals surface area contributed by atoms with E-state index in [2.05, 4.69) is 0 Å². The van der Waals surface area contributed by atoms with Crippen molar-refractivity contribution in [3.8, 4) is 6.07 Å². The minimum Gasteiger partial charge on any atom is -0.399 e. The second kappa shape index (κ2) is 11.2. The molecule has 0 saturated carbocycles. The van der Waals surface area contributed by atoms with E-state index in [4.69, 9.17) is 52.1 Å². The largest absolute Gasteiger partial charge is 0.399 e. The smallest absolute Gasteiger partial charge is 0.210 e. The van der Waals surface area contributed by atoms with Gasteiger partial charge in [0.15, 0.2) is 0 Å². The lowest BCUT2D eigenvalue weighted by Gasteiger charge is -2.34. The van der Waals surface area contributed by atoms with Gasteiger partial charge in [-0.2, -0.15) is 5.26 Å². The lowest BCUT2D eigenvalue weighted by molar-refractivity contribution is 0.528. The Labute approximate surface area is 263 Å². The molecular formula is C30H20Cl4N2O4S2. The minimum absolute atomic E-state index is 0.00378. The van der Waals surface area contributed by atoms with Gasteiger partial charge in [-0.15, -0.1) is 0 Å². The molecular weight excluding hydrogens is 658 g/mol. The van der Waals surface area contributed by atoms with Crippen LogP contribution in [0.5, 0.6) is 0 Å². The van der Waals surface area contributed by atoms with Crippen LogP contribution in [-0.4, -0.2) is 21.6 Å². The minimum atomic E-state index is -4.78. The number of sulfone groups is 2. The number of nitrogens with two attached hydrogens (primary N) is 1. The number of nitrogens with zero attached hydrogens (tertiary/aromatic N) is 1. The third-order valence-corrected chi connectivity index (χ3v) is 12.9. The van der Waals surface area contributed by atoms with Crippen LogP contribution in [0.2, 0.25) is 20.1 Å². The normalized spacial score (nSPS) is 20.8. The van der Waals surface area contributed by atoms with Crippen LogP contribution in [0.15, 0.2) is 117 Å². The molecule has 4 aromatic rings. The molecule has 0 radical (unpaired) electrons. The first-order chi connectivity index (χ1) is 19.9. The fourth-order valence-electron chi connectivity index (χ4n) is 5.51. The number of hydrogen-bond acceptors (Lipinski definition) is 6. The second-order valence-electron chi connectivity index (χ2n) is 9.48. The average molecular weight is 678 g/mol. The van der Waals surface area contributed by atoms with Gasteiger partial charge in [-0.1, -0.05) is 94.9 Å². The second-order valence-corrected chi connectivity index (χ2v) is 15.2. The van der Waals surface area contributed by atoms with Crippen LogP contribution < -0.4 is 5.73 Å². The summed E-state index contributed by atoms with van der Waals surface area (Å²) in [7, 11) is -9.36. The van der Waals surface area contributed by atoms with Crippen molar-refractivity contribution < 1.29 is 16.8 Å². The first-order valence-corrected chi connectivity index (χ1v) is 16.8. The van der Waals surface area contributed by atoms with Crippen LogP contribution in [0, 0.1) is 11.3 Å². The maximum absolute atomic E-state index is 14.7. The van der Waals surface area contributed by atoms with E-state index in [1.807, 2.05) is 6.07 Å². The number of allylic oxidation sites excluding steroid dienone is 1. The first-order valence-electron chi connectivity index (χ1n) is 12.3. The molecule has 0 bridgehead atoms. The summed E-state index contributed by atoms with van der Waals surface area (Å²) in [5.41, 5.74) is 6.06. The Hall–Kier alpha value is -3.03. The molecule has 0 aromatic heterocycles. The molecule has 5 rings (SSSR count). The maximum atomic E-state index is 14.7. The molecule has 0 saturated heterocycles. The number of nitriles is 1. The van der Waals surface area contributed by atoms with Gasteiger partial charge in [0.2, 0.25) is 24.4 Å². The molecule has 0 spiro atoms. The summed E-state index contributed by atoms with van der Waals surface area (Å²) in [6.45, 7) is 0. The lowest BCUT2D eigenvalue weighted by atomic mass is 9.78. The van der Waals surface area contributed by atoms with Gasteiger partial charge in [0.05, 0.1) is 26.5 Å². The van der Waals surface area contributed by atoms with Crippen LogP contribution in [-0.2, 0) is 19.7 Å². The van der Waals surface area contributed by atoms with Crippen molar-refractivity contribution in [2.45, 2.75) is 26.4 Å². The van der Waals surface area contributed by atoms with Crippen LogP contribution in [0.4, 0.5) is 0 Å². The van der Waals surface area contributed by atoms with E-state index in [0.717, 1.165) is 0 Å². The molecule has 0 fully saturated rings. The molecule has 2 N–H and O–H groups in total. The van der Waals surface area contributed by atoms with Gasteiger partial charge in [0.25, 0.3) is 0 Å². The van der Waals surface area contributed by atoms with Crippen LogP contribution in [0.25, 0.3) is 0 Å². The zero-order valence-corrected chi connectivity index (χ0v) is 26.0. The van der Waals surface area contributed by atoms with Gasteiger partial charge in [-0.05, 0) is 59.7 Å². The van der Waals surface area contributed by atoms with E-state index < -0.39 is 46.9 Å². The molecule has 1 aliphatic rings. The van der Waals surface area contributed by atoms with Crippen molar-refractivity contribution in [1.29, 1.82) is 5.26 Å². The fraction of sp³-hybridized carbons (Fsp3) is 0.100. The van der Waals surface area contributed by atoms with E-state index in [1.165, 1.54) is 72.8 Å². The van der Waals surface area contributed by atoms with Gasteiger partial charge in [-0.25, -0.2) is 16.8 Å². The molecule has 214 valence electrons. The highest BCUT2D eigenvalue weighted by molar-refractivity contribution is 7.96. The van der Waals surface area contributed by atoms with Crippen molar-refractivity contribution in [2.24, 2.45) is 5.73 Å². The topological polar surface area (TPSA) is 118 Å². The van der Waals surface area contributed by atoms with E-state index in [9.17, 15) is 22.1 Å². The monoisotopic (exact) mass is 676 g/mol. The maximum Gasteiger partial charge on any atom is 0.210 e. The summed E-state index contributed by atoms with van der Waals surface area (Å²) in [5.74, 6) is -3.09.